The Bertz CT molecular complexity index is 632. The number of rotatable bonds is 5. The van der Waals surface area contributed by atoms with E-state index >= 15 is 0 Å². The number of carbonyl (C=O) groups is 1. The standard InChI is InChI=1S/C10H11BrN2O4S2/c1-6(4-12)5-13(2)19(16,17)8-3-7(10(14)15)18-9(8)11/h3,6H,5H2,1-2H3,(H,14,15). The molecule has 19 heavy (non-hydrogen) atoms. The molecule has 0 aromatic carbocycles. The SMILES string of the molecule is CC(C#N)CN(C)S(=O)(=O)c1cc(C(=O)O)sc1Br. The van der Waals surface area contributed by atoms with E-state index in [0.717, 1.165) is 21.7 Å². The molecule has 1 atom stereocenters. The van der Waals surface area contributed by atoms with Crippen molar-refractivity contribution in [1.82, 2.24) is 4.31 Å². The number of sulfonamides is 1. The highest BCUT2D eigenvalue weighted by molar-refractivity contribution is 9.11. The van der Waals surface area contributed by atoms with Crippen molar-refractivity contribution in [2.75, 3.05) is 13.6 Å². The van der Waals surface area contributed by atoms with Gasteiger partial charge in [0, 0.05) is 13.6 Å². The van der Waals surface area contributed by atoms with Gasteiger partial charge in [-0.25, -0.2) is 13.2 Å². The molecule has 0 saturated heterocycles. The van der Waals surface area contributed by atoms with Crippen LogP contribution in [0, 0.1) is 17.2 Å². The van der Waals surface area contributed by atoms with Crippen LogP contribution in [-0.2, 0) is 10.0 Å². The molecule has 1 N–H and O–H groups in total. The fourth-order valence-corrected chi connectivity index (χ4v) is 4.93. The molecule has 0 saturated carbocycles. The zero-order chi connectivity index (χ0) is 14.8. The van der Waals surface area contributed by atoms with E-state index in [1.807, 2.05) is 6.07 Å². The van der Waals surface area contributed by atoms with Crippen LogP contribution in [0.15, 0.2) is 14.7 Å². The number of carboxylic acids is 1. The topological polar surface area (TPSA) is 98.5 Å². The van der Waals surface area contributed by atoms with Crippen LogP contribution in [0.2, 0.25) is 0 Å². The molecule has 0 amide bonds. The number of thiophene rings is 1. The summed E-state index contributed by atoms with van der Waals surface area (Å²) in [5.74, 6) is -1.63. The smallest absolute Gasteiger partial charge is 0.345 e. The van der Waals surface area contributed by atoms with Crippen LogP contribution in [0.3, 0.4) is 0 Å². The predicted molar refractivity (Wildman–Crippen MR) is 73.6 cm³/mol. The summed E-state index contributed by atoms with van der Waals surface area (Å²) in [7, 11) is -2.45. The Hall–Kier alpha value is -0.950. The van der Waals surface area contributed by atoms with Gasteiger partial charge in [0.15, 0.2) is 0 Å². The van der Waals surface area contributed by atoms with E-state index in [4.69, 9.17) is 10.4 Å². The maximum atomic E-state index is 12.2. The first-order chi connectivity index (χ1) is 8.70. The number of hydrogen-bond donors (Lipinski definition) is 1. The van der Waals surface area contributed by atoms with Gasteiger partial charge in [0.2, 0.25) is 10.0 Å². The van der Waals surface area contributed by atoms with E-state index in [1.54, 1.807) is 6.92 Å². The van der Waals surface area contributed by atoms with E-state index in [1.165, 1.54) is 7.05 Å². The van der Waals surface area contributed by atoms with Crippen LogP contribution >= 0.6 is 27.3 Å². The molecular weight excluding hydrogens is 356 g/mol. The van der Waals surface area contributed by atoms with Crippen LogP contribution in [0.1, 0.15) is 16.6 Å². The Kier molecular flexibility index (Phi) is 5.09. The summed E-state index contributed by atoms with van der Waals surface area (Å²) in [5, 5.41) is 17.5. The van der Waals surface area contributed by atoms with Crippen molar-refractivity contribution in [3.05, 3.63) is 14.7 Å². The third-order valence-corrected chi connectivity index (χ3v) is 6.37. The van der Waals surface area contributed by atoms with E-state index < -0.39 is 21.9 Å². The van der Waals surface area contributed by atoms with Crippen LogP contribution in [-0.4, -0.2) is 37.4 Å². The highest BCUT2D eigenvalue weighted by Crippen LogP contribution is 2.33. The lowest BCUT2D eigenvalue weighted by Gasteiger charge is -2.17. The van der Waals surface area contributed by atoms with Crippen molar-refractivity contribution in [1.29, 1.82) is 5.26 Å². The van der Waals surface area contributed by atoms with Crippen molar-refractivity contribution in [3.63, 3.8) is 0 Å². The third kappa shape index (κ3) is 3.54. The molecule has 1 aromatic heterocycles. The Labute approximate surface area is 123 Å². The van der Waals surface area contributed by atoms with Gasteiger partial charge in [-0.1, -0.05) is 0 Å². The summed E-state index contributed by atoms with van der Waals surface area (Å²) >= 11 is 3.89. The maximum absolute atomic E-state index is 12.2. The van der Waals surface area contributed by atoms with Crippen LogP contribution in [0.5, 0.6) is 0 Å². The molecule has 0 spiro atoms. The van der Waals surface area contributed by atoms with Crippen molar-refractivity contribution in [3.8, 4) is 6.07 Å². The molecule has 0 radical (unpaired) electrons. The van der Waals surface area contributed by atoms with Gasteiger partial charge in [0.05, 0.1) is 15.8 Å². The molecule has 9 heteroatoms. The molecule has 1 heterocycles. The third-order valence-electron chi connectivity index (χ3n) is 2.31. The van der Waals surface area contributed by atoms with Crippen LogP contribution in [0.25, 0.3) is 0 Å². The first-order valence-electron chi connectivity index (χ1n) is 5.08. The fraction of sp³-hybridized carbons (Fsp3) is 0.400. The second kappa shape index (κ2) is 6.00. The minimum absolute atomic E-state index is 0.0452. The van der Waals surface area contributed by atoms with Crippen molar-refractivity contribution in [2.45, 2.75) is 11.8 Å². The molecule has 1 aromatic rings. The molecule has 0 aliphatic heterocycles. The lowest BCUT2D eigenvalue weighted by atomic mass is 10.2. The Morgan fingerprint density at radius 3 is 2.68 bits per heavy atom. The molecule has 0 bridgehead atoms. The molecular formula is C10H11BrN2O4S2. The van der Waals surface area contributed by atoms with Crippen LogP contribution < -0.4 is 0 Å². The van der Waals surface area contributed by atoms with Gasteiger partial charge in [-0.2, -0.15) is 9.57 Å². The molecule has 1 rings (SSSR count). The summed E-state index contributed by atoms with van der Waals surface area (Å²) in [6.07, 6.45) is 0. The average molecular weight is 367 g/mol. The highest BCUT2D eigenvalue weighted by atomic mass is 79.9. The molecule has 6 nitrogen and oxygen atoms in total. The number of carboxylic acid groups (broad SMARTS) is 1. The van der Waals surface area contributed by atoms with Gasteiger partial charge >= 0.3 is 5.97 Å². The van der Waals surface area contributed by atoms with E-state index in [2.05, 4.69) is 15.9 Å². The maximum Gasteiger partial charge on any atom is 0.345 e. The molecule has 0 aliphatic carbocycles. The van der Waals surface area contributed by atoms with Gasteiger partial charge in [0.25, 0.3) is 0 Å². The Balaban J connectivity index is 3.14. The minimum atomic E-state index is -3.81. The zero-order valence-corrected chi connectivity index (χ0v) is 13.3. The second-order valence-electron chi connectivity index (χ2n) is 3.87. The number of hydrogen-bond acceptors (Lipinski definition) is 5. The molecule has 104 valence electrons. The number of nitriles is 1. The summed E-state index contributed by atoms with van der Waals surface area (Å²) < 4.78 is 25.8. The minimum Gasteiger partial charge on any atom is -0.477 e. The first-order valence-corrected chi connectivity index (χ1v) is 8.13. The Morgan fingerprint density at radius 2 is 2.26 bits per heavy atom. The Morgan fingerprint density at radius 1 is 1.68 bits per heavy atom. The van der Waals surface area contributed by atoms with Gasteiger partial charge in [-0.05, 0) is 28.9 Å². The highest BCUT2D eigenvalue weighted by Gasteiger charge is 2.28. The van der Waals surface area contributed by atoms with Gasteiger partial charge in [0.1, 0.15) is 9.77 Å². The molecule has 1 unspecified atom stereocenters. The quantitative estimate of drug-likeness (QED) is 0.858. The lowest BCUT2D eigenvalue weighted by molar-refractivity contribution is 0.0702. The first kappa shape index (κ1) is 16.1. The summed E-state index contributed by atoms with van der Waals surface area (Å²) in [4.78, 5) is 10.7. The number of aromatic carboxylic acids is 1. The molecule has 0 aliphatic rings. The van der Waals surface area contributed by atoms with Crippen molar-refractivity contribution >= 4 is 43.3 Å². The summed E-state index contributed by atoms with van der Waals surface area (Å²) in [5.41, 5.74) is 0. The van der Waals surface area contributed by atoms with E-state index in [-0.39, 0.29) is 20.1 Å². The summed E-state index contributed by atoms with van der Waals surface area (Å²) in [6.45, 7) is 1.65. The lowest BCUT2D eigenvalue weighted by Crippen LogP contribution is -2.30. The second-order valence-corrected chi connectivity index (χ2v) is 8.25. The summed E-state index contributed by atoms with van der Waals surface area (Å²) in [6, 6.07) is 3.06. The molecule has 0 fully saturated rings. The van der Waals surface area contributed by atoms with Crippen LogP contribution in [0.4, 0.5) is 0 Å². The normalized spacial score (nSPS) is 13.2. The van der Waals surface area contributed by atoms with E-state index in [0.29, 0.717) is 0 Å². The van der Waals surface area contributed by atoms with Gasteiger partial charge in [-0.15, -0.1) is 11.3 Å². The predicted octanol–water partition coefficient (Wildman–Crippen LogP) is 1.99. The average Bonchev–Trinajstić information content (AvgIpc) is 2.71. The number of halogens is 1. The van der Waals surface area contributed by atoms with Crippen molar-refractivity contribution < 1.29 is 18.3 Å². The van der Waals surface area contributed by atoms with Gasteiger partial charge in [-0.3, -0.25) is 0 Å². The monoisotopic (exact) mass is 366 g/mol. The fourth-order valence-electron chi connectivity index (χ4n) is 1.33. The zero-order valence-electron chi connectivity index (χ0n) is 10.1. The van der Waals surface area contributed by atoms with Gasteiger partial charge < -0.3 is 5.11 Å². The number of nitrogens with zero attached hydrogens (tertiary/aromatic N) is 2. The van der Waals surface area contributed by atoms with Crippen molar-refractivity contribution in [2.24, 2.45) is 5.92 Å². The van der Waals surface area contributed by atoms with E-state index in [9.17, 15) is 13.2 Å². The largest absolute Gasteiger partial charge is 0.477 e.